The first kappa shape index (κ1) is 14.6. The normalized spacial score (nSPS) is 12.4. The van der Waals surface area contributed by atoms with Gasteiger partial charge in [-0.1, -0.05) is 48.4 Å². The van der Waals surface area contributed by atoms with Crippen molar-refractivity contribution < 1.29 is 0 Å². The molecule has 0 radical (unpaired) electrons. The van der Waals surface area contributed by atoms with Crippen LogP contribution in [0, 0.1) is 6.92 Å². The fourth-order valence-electron chi connectivity index (χ4n) is 2.08. The van der Waals surface area contributed by atoms with E-state index >= 15 is 0 Å². The number of rotatable bonds is 3. The summed E-state index contributed by atoms with van der Waals surface area (Å²) in [7, 11) is 0. The molecule has 4 nitrogen and oxygen atoms in total. The van der Waals surface area contributed by atoms with Gasteiger partial charge in [0.2, 0.25) is 0 Å². The molecule has 1 aromatic heterocycles. The van der Waals surface area contributed by atoms with Crippen molar-refractivity contribution in [1.29, 1.82) is 0 Å². The zero-order valence-corrected chi connectivity index (χ0v) is 12.5. The quantitative estimate of drug-likeness (QED) is 0.884. The number of benzene rings is 1. The second-order valence-electron chi connectivity index (χ2n) is 4.92. The van der Waals surface area contributed by atoms with Crippen molar-refractivity contribution >= 4 is 11.6 Å². The molecule has 20 heavy (non-hydrogen) atoms. The second kappa shape index (κ2) is 5.67. The Hall–Kier alpha value is -1.81. The van der Waals surface area contributed by atoms with Gasteiger partial charge in [-0.25, -0.2) is 4.79 Å². The van der Waals surface area contributed by atoms with Crippen LogP contribution in [0.3, 0.4) is 0 Å². The average Bonchev–Trinajstić information content (AvgIpc) is 2.40. The maximum absolute atomic E-state index is 12.6. The lowest BCUT2D eigenvalue weighted by Crippen LogP contribution is -2.38. The highest BCUT2D eigenvalue weighted by Crippen LogP contribution is 2.22. The van der Waals surface area contributed by atoms with Crippen LogP contribution < -0.4 is 11.2 Å². The minimum Gasteiger partial charge on any atom is -0.297 e. The lowest BCUT2D eigenvalue weighted by atomic mass is 10.1. The summed E-state index contributed by atoms with van der Waals surface area (Å²) in [6.45, 7) is 5.73. The minimum absolute atomic E-state index is 0.0865. The van der Waals surface area contributed by atoms with E-state index in [9.17, 15) is 9.59 Å². The summed E-state index contributed by atoms with van der Waals surface area (Å²) in [6, 6.07) is 7.30. The summed E-state index contributed by atoms with van der Waals surface area (Å²) in [4.78, 5) is 27.0. The molecule has 1 aromatic carbocycles. The van der Waals surface area contributed by atoms with E-state index in [0.29, 0.717) is 17.5 Å². The van der Waals surface area contributed by atoms with Crippen molar-refractivity contribution in [3.8, 4) is 11.1 Å². The first-order chi connectivity index (χ1) is 9.45. The molecule has 0 bridgehead atoms. The van der Waals surface area contributed by atoms with Crippen molar-refractivity contribution in [3.63, 3.8) is 0 Å². The lowest BCUT2D eigenvalue weighted by Gasteiger charge is -2.14. The number of aromatic amines is 1. The zero-order valence-electron chi connectivity index (χ0n) is 11.7. The molecule has 1 heterocycles. The maximum atomic E-state index is 12.6. The smallest absolute Gasteiger partial charge is 0.297 e. The molecule has 2 rings (SSSR count). The molecule has 5 heteroatoms. The summed E-state index contributed by atoms with van der Waals surface area (Å²) in [5.41, 5.74) is 1.32. The molecule has 0 amide bonds. The average molecular weight is 293 g/mol. The van der Waals surface area contributed by atoms with E-state index in [1.807, 2.05) is 45.0 Å². The number of H-pyrrole nitrogens is 1. The van der Waals surface area contributed by atoms with Gasteiger partial charge < -0.3 is 0 Å². The standard InChI is InChI=1S/C15H17ClN2O2/c1-4-10(3)18-14(19)12(13(16)17-15(18)20)11-7-5-9(2)6-8-11/h5-8,10H,4H2,1-3H3,(H,17,20). The monoisotopic (exact) mass is 292 g/mol. The SMILES string of the molecule is CCC(C)n1c(=O)[nH]c(Cl)c(-c2ccc(C)cc2)c1=O. The topological polar surface area (TPSA) is 54.9 Å². The van der Waals surface area contributed by atoms with Gasteiger partial charge in [0.1, 0.15) is 5.15 Å². The van der Waals surface area contributed by atoms with Crippen molar-refractivity contribution in [2.24, 2.45) is 0 Å². The Morgan fingerprint density at radius 2 is 1.85 bits per heavy atom. The van der Waals surface area contributed by atoms with E-state index in [0.717, 1.165) is 5.56 Å². The van der Waals surface area contributed by atoms with Gasteiger partial charge in [0, 0.05) is 6.04 Å². The number of aromatic nitrogens is 2. The van der Waals surface area contributed by atoms with Gasteiger partial charge in [0.05, 0.1) is 5.56 Å². The van der Waals surface area contributed by atoms with Gasteiger partial charge in [-0.3, -0.25) is 14.3 Å². The summed E-state index contributed by atoms with van der Waals surface area (Å²) in [5.74, 6) is 0. The van der Waals surface area contributed by atoms with Crippen LogP contribution in [0.5, 0.6) is 0 Å². The largest absolute Gasteiger partial charge is 0.329 e. The molecular formula is C15H17ClN2O2. The molecule has 0 saturated carbocycles. The highest BCUT2D eigenvalue weighted by Gasteiger charge is 2.17. The van der Waals surface area contributed by atoms with Crippen LogP contribution in [0.4, 0.5) is 0 Å². The van der Waals surface area contributed by atoms with Crippen LogP contribution in [0.2, 0.25) is 5.15 Å². The lowest BCUT2D eigenvalue weighted by molar-refractivity contribution is 0.491. The molecule has 1 atom stereocenters. The molecule has 0 saturated heterocycles. The number of halogens is 1. The van der Waals surface area contributed by atoms with Crippen LogP contribution in [0.25, 0.3) is 11.1 Å². The molecule has 106 valence electrons. The van der Waals surface area contributed by atoms with Gasteiger partial charge in [-0.05, 0) is 25.8 Å². The number of nitrogens with one attached hydrogen (secondary N) is 1. The van der Waals surface area contributed by atoms with Crippen molar-refractivity contribution in [2.45, 2.75) is 33.2 Å². The van der Waals surface area contributed by atoms with Crippen molar-refractivity contribution in [2.75, 3.05) is 0 Å². The van der Waals surface area contributed by atoms with Crippen LogP contribution >= 0.6 is 11.6 Å². The van der Waals surface area contributed by atoms with Crippen LogP contribution in [-0.2, 0) is 0 Å². The van der Waals surface area contributed by atoms with E-state index in [1.54, 1.807) is 0 Å². The third-order valence-electron chi connectivity index (χ3n) is 3.46. The molecule has 0 aliphatic rings. The zero-order chi connectivity index (χ0) is 14.9. The van der Waals surface area contributed by atoms with Gasteiger partial charge >= 0.3 is 5.69 Å². The minimum atomic E-state index is -0.467. The number of hydrogen-bond acceptors (Lipinski definition) is 2. The van der Waals surface area contributed by atoms with E-state index in [4.69, 9.17) is 11.6 Å². The Kier molecular flexibility index (Phi) is 4.14. The first-order valence-corrected chi connectivity index (χ1v) is 6.94. The number of hydrogen-bond donors (Lipinski definition) is 1. The fraction of sp³-hybridized carbons (Fsp3) is 0.333. The van der Waals surface area contributed by atoms with E-state index < -0.39 is 5.69 Å². The van der Waals surface area contributed by atoms with Crippen LogP contribution in [0.15, 0.2) is 33.9 Å². The maximum Gasteiger partial charge on any atom is 0.329 e. The van der Waals surface area contributed by atoms with Gasteiger partial charge in [-0.2, -0.15) is 0 Å². The second-order valence-corrected chi connectivity index (χ2v) is 5.30. The molecule has 0 spiro atoms. The summed E-state index contributed by atoms with van der Waals surface area (Å²) < 4.78 is 1.22. The molecule has 0 aliphatic carbocycles. The predicted molar refractivity (Wildman–Crippen MR) is 81.5 cm³/mol. The van der Waals surface area contributed by atoms with Gasteiger partial charge in [0.25, 0.3) is 5.56 Å². The Balaban J connectivity index is 2.74. The van der Waals surface area contributed by atoms with E-state index in [2.05, 4.69) is 4.98 Å². The molecule has 0 aliphatic heterocycles. The number of aryl methyl sites for hydroxylation is 1. The van der Waals surface area contributed by atoms with Crippen molar-refractivity contribution in [3.05, 3.63) is 55.8 Å². The Labute approximate surface area is 122 Å². The summed E-state index contributed by atoms with van der Waals surface area (Å²) in [5, 5.41) is 0.0865. The Morgan fingerprint density at radius 3 is 2.40 bits per heavy atom. The Morgan fingerprint density at radius 1 is 1.25 bits per heavy atom. The van der Waals surface area contributed by atoms with Crippen LogP contribution in [-0.4, -0.2) is 9.55 Å². The third kappa shape index (κ3) is 2.56. The predicted octanol–water partition coefficient (Wildman–Crippen LogP) is 3.14. The molecular weight excluding hydrogens is 276 g/mol. The van der Waals surface area contributed by atoms with Crippen molar-refractivity contribution in [1.82, 2.24) is 9.55 Å². The van der Waals surface area contributed by atoms with Gasteiger partial charge in [-0.15, -0.1) is 0 Å². The summed E-state index contributed by atoms with van der Waals surface area (Å²) in [6.07, 6.45) is 0.692. The first-order valence-electron chi connectivity index (χ1n) is 6.57. The molecule has 1 N–H and O–H groups in total. The van der Waals surface area contributed by atoms with Crippen LogP contribution in [0.1, 0.15) is 31.9 Å². The highest BCUT2D eigenvalue weighted by molar-refractivity contribution is 6.32. The molecule has 0 fully saturated rings. The highest BCUT2D eigenvalue weighted by atomic mass is 35.5. The fourth-order valence-corrected chi connectivity index (χ4v) is 2.35. The number of nitrogens with zero attached hydrogens (tertiary/aromatic N) is 1. The molecule has 2 aromatic rings. The van der Waals surface area contributed by atoms with Gasteiger partial charge in [0.15, 0.2) is 0 Å². The van der Waals surface area contributed by atoms with E-state index in [1.165, 1.54) is 4.57 Å². The summed E-state index contributed by atoms with van der Waals surface area (Å²) >= 11 is 6.06. The molecule has 1 unspecified atom stereocenters. The third-order valence-corrected chi connectivity index (χ3v) is 3.74. The van der Waals surface area contributed by atoms with E-state index in [-0.39, 0.29) is 16.8 Å². The Bertz CT molecular complexity index is 729.